The average molecular weight is 287 g/mol. The number of anilines is 1. The third-order valence-corrected chi connectivity index (χ3v) is 2.42. The quantitative estimate of drug-likeness (QED) is 0.736. The van der Waals surface area contributed by atoms with E-state index in [1.165, 1.54) is 5.56 Å². The summed E-state index contributed by atoms with van der Waals surface area (Å²) in [5.74, 6) is -2.62. The number of carboxylic acid groups (broad SMARTS) is 2. The van der Waals surface area contributed by atoms with Gasteiger partial charge in [-0.05, 0) is 17.7 Å². The van der Waals surface area contributed by atoms with Gasteiger partial charge in [0.1, 0.15) is 6.42 Å². The average Bonchev–Trinajstić information content (AvgIpc) is 2.46. The lowest BCUT2D eigenvalue weighted by Gasteiger charge is -2.05. The smallest absolute Gasteiger partial charge is 0.314 e. The zero-order valence-electron chi connectivity index (χ0n) is 11.4. The van der Waals surface area contributed by atoms with Crippen molar-refractivity contribution in [2.45, 2.75) is 13.0 Å². The van der Waals surface area contributed by atoms with Crippen LogP contribution in [0.5, 0.6) is 0 Å². The van der Waals surface area contributed by atoms with Crippen molar-refractivity contribution in [2.75, 3.05) is 5.32 Å². The van der Waals surface area contributed by atoms with E-state index in [2.05, 4.69) is 41.7 Å². The van der Waals surface area contributed by atoms with Crippen molar-refractivity contribution in [1.82, 2.24) is 0 Å². The molecule has 5 nitrogen and oxygen atoms in total. The molecule has 110 valence electrons. The molecular weight excluding hydrogens is 270 g/mol. The normalized spacial score (nSPS) is 9.14. The van der Waals surface area contributed by atoms with E-state index in [0.29, 0.717) is 0 Å². The van der Waals surface area contributed by atoms with Crippen LogP contribution in [0.25, 0.3) is 0 Å². The van der Waals surface area contributed by atoms with Gasteiger partial charge in [0.15, 0.2) is 0 Å². The highest BCUT2D eigenvalue weighted by Gasteiger charge is 2.01. The van der Waals surface area contributed by atoms with Gasteiger partial charge in [0.2, 0.25) is 0 Å². The van der Waals surface area contributed by atoms with Crippen LogP contribution in [0.4, 0.5) is 5.69 Å². The van der Waals surface area contributed by atoms with Crippen molar-refractivity contribution < 1.29 is 19.8 Å². The first kappa shape index (κ1) is 16.2. The van der Waals surface area contributed by atoms with E-state index in [1.807, 2.05) is 24.3 Å². The van der Waals surface area contributed by atoms with Crippen molar-refractivity contribution in [3.8, 4) is 0 Å². The van der Waals surface area contributed by atoms with E-state index in [4.69, 9.17) is 10.2 Å². The van der Waals surface area contributed by atoms with E-state index in [1.54, 1.807) is 0 Å². The first-order chi connectivity index (χ1) is 10.1. The summed E-state index contributed by atoms with van der Waals surface area (Å²) in [4.78, 5) is 18.9. The highest BCUT2D eigenvalue weighted by atomic mass is 16.4. The molecule has 0 radical (unpaired) electrons. The minimum atomic E-state index is -1.31. The van der Waals surface area contributed by atoms with Gasteiger partial charge in [0, 0.05) is 12.2 Å². The molecule has 2 aromatic carbocycles. The fourth-order valence-electron chi connectivity index (χ4n) is 1.49. The summed E-state index contributed by atoms with van der Waals surface area (Å²) in [5.41, 5.74) is 2.47. The van der Waals surface area contributed by atoms with Crippen LogP contribution in [0.15, 0.2) is 60.7 Å². The summed E-state index contributed by atoms with van der Waals surface area (Å²) in [6.07, 6.45) is -0.806. The van der Waals surface area contributed by atoms with Crippen molar-refractivity contribution in [1.29, 1.82) is 0 Å². The number of benzene rings is 2. The molecule has 0 heterocycles. The van der Waals surface area contributed by atoms with E-state index in [-0.39, 0.29) is 0 Å². The Kier molecular flexibility index (Phi) is 7.07. The molecule has 5 heteroatoms. The maximum Gasteiger partial charge on any atom is 0.314 e. The Morgan fingerprint density at radius 3 is 1.71 bits per heavy atom. The molecule has 0 unspecified atom stereocenters. The Morgan fingerprint density at radius 2 is 1.29 bits per heavy atom. The second kappa shape index (κ2) is 9.14. The van der Waals surface area contributed by atoms with Crippen LogP contribution < -0.4 is 5.32 Å². The van der Waals surface area contributed by atoms with Crippen LogP contribution in [0, 0.1) is 0 Å². The predicted octanol–water partition coefficient (Wildman–Crippen LogP) is 2.84. The molecule has 3 N–H and O–H groups in total. The SMILES string of the molecule is O=C(O)CC(=O)O.c1ccc(CNc2ccccc2)cc1. The highest BCUT2D eigenvalue weighted by Crippen LogP contribution is 2.07. The predicted molar refractivity (Wildman–Crippen MR) is 80.1 cm³/mol. The molecular formula is C16H17NO4. The Bertz CT molecular complexity index is 504. The minimum absolute atomic E-state index is 0.806. The van der Waals surface area contributed by atoms with Gasteiger partial charge in [-0.15, -0.1) is 0 Å². The molecule has 0 fully saturated rings. The Balaban J connectivity index is 0.000000270. The summed E-state index contributed by atoms with van der Waals surface area (Å²) < 4.78 is 0. The Hall–Kier alpha value is -2.82. The largest absolute Gasteiger partial charge is 0.481 e. The molecule has 0 bridgehead atoms. The Labute approximate surface area is 122 Å². The lowest BCUT2D eigenvalue weighted by atomic mass is 10.2. The second-order valence-electron chi connectivity index (χ2n) is 4.17. The number of hydrogen-bond donors (Lipinski definition) is 3. The molecule has 0 saturated heterocycles. The van der Waals surface area contributed by atoms with Crippen LogP contribution >= 0.6 is 0 Å². The van der Waals surface area contributed by atoms with E-state index in [0.717, 1.165) is 12.2 Å². The fourth-order valence-corrected chi connectivity index (χ4v) is 1.49. The summed E-state index contributed by atoms with van der Waals surface area (Å²) in [7, 11) is 0. The maximum absolute atomic E-state index is 9.43. The van der Waals surface area contributed by atoms with Crippen LogP contribution in [0.1, 0.15) is 12.0 Å². The minimum Gasteiger partial charge on any atom is -0.481 e. The molecule has 0 amide bonds. The van der Waals surface area contributed by atoms with Gasteiger partial charge in [-0.1, -0.05) is 48.5 Å². The van der Waals surface area contributed by atoms with Crippen molar-refractivity contribution in [3.05, 3.63) is 66.2 Å². The second-order valence-corrected chi connectivity index (χ2v) is 4.17. The third-order valence-electron chi connectivity index (χ3n) is 2.42. The van der Waals surface area contributed by atoms with Crippen molar-refractivity contribution in [2.24, 2.45) is 0 Å². The van der Waals surface area contributed by atoms with Crippen LogP contribution in [-0.4, -0.2) is 22.2 Å². The lowest BCUT2D eigenvalue weighted by molar-refractivity contribution is -0.147. The van der Waals surface area contributed by atoms with Crippen LogP contribution in [0.3, 0.4) is 0 Å². The summed E-state index contributed by atoms with van der Waals surface area (Å²) in [6, 6.07) is 20.6. The molecule has 0 aliphatic rings. The maximum atomic E-state index is 9.43. The molecule has 0 aromatic heterocycles. The van der Waals surface area contributed by atoms with Gasteiger partial charge >= 0.3 is 11.9 Å². The van der Waals surface area contributed by atoms with Gasteiger partial charge in [0.05, 0.1) is 0 Å². The zero-order valence-corrected chi connectivity index (χ0v) is 11.4. The highest BCUT2D eigenvalue weighted by molar-refractivity contribution is 5.88. The van der Waals surface area contributed by atoms with Crippen LogP contribution in [-0.2, 0) is 16.1 Å². The number of nitrogens with one attached hydrogen (secondary N) is 1. The van der Waals surface area contributed by atoms with Gasteiger partial charge in [0.25, 0.3) is 0 Å². The standard InChI is InChI=1S/C13H13N.C3H4O4/c1-3-7-12(8-4-1)11-14-13-9-5-2-6-10-13;4-2(5)1-3(6)7/h1-10,14H,11H2;1H2,(H,4,5)(H,6,7). The molecule has 0 atom stereocenters. The number of carbonyl (C=O) groups is 2. The first-order valence-electron chi connectivity index (χ1n) is 6.34. The van der Waals surface area contributed by atoms with E-state index in [9.17, 15) is 9.59 Å². The van der Waals surface area contributed by atoms with E-state index < -0.39 is 18.4 Å². The molecule has 0 aliphatic carbocycles. The molecule has 0 saturated carbocycles. The van der Waals surface area contributed by atoms with Gasteiger partial charge < -0.3 is 15.5 Å². The molecule has 0 aliphatic heterocycles. The third kappa shape index (κ3) is 8.05. The van der Waals surface area contributed by atoms with Gasteiger partial charge in [-0.3, -0.25) is 9.59 Å². The fraction of sp³-hybridized carbons (Fsp3) is 0.125. The topological polar surface area (TPSA) is 86.6 Å². The number of rotatable bonds is 5. The number of para-hydroxylation sites is 1. The molecule has 0 spiro atoms. The number of aliphatic carboxylic acids is 2. The van der Waals surface area contributed by atoms with Gasteiger partial charge in [-0.2, -0.15) is 0 Å². The lowest BCUT2D eigenvalue weighted by Crippen LogP contribution is -2.03. The first-order valence-corrected chi connectivity index (χ1v) is 6.34. The number of hydrogen-bond acceptors (Lipinski definition) is 3. The summed E-state index contributed by atoms with van der Waals surface area (Å²) >= 11 is 0. The van der Waals surface area contributed by atoms with Gasteiger partial charge in [-0.25, -0.2) is 0 Å². The van der Waals surface area contributed by atoms with E-state index >= 15 is 0 Å². The monoisotopic (exact) mass is 287 g/mol. The Morgan fingerprint density at radius 1 is 0.810 bits per heavy atom. The zero-order chi connectivity index (χ0) is 15.5. The molecule has 2 aromatic rings. The summed E-state index contributed by atoms with van der Waals surface area (Å²) in [6.45, 7) is 0.880. The van der Waals surface area contributed by atoms with Crippen LogP contribution in [0.2, 0.25) is 0 Å². The van der Waals surface area contributed by atoms with Crippen molar-refractivity contribution >= 4 is 17.6 Å². The van der Waals surface area contributed by atoms with Crippen molar-refractivity contribution in [3.63, 3.8) is 0 Å². The molecule has 2 rings (SSSR count). The number of carboxylic acids is 2. The molecule has 21 heavy (non-hydrogen) atoms. The summed E-state index contributed by atoms with van der Waals surface area (Å²) in [5, 5.41) is 18.8.